The molecule has 0 saturated heterocycles. The Labute approximate surface area is 143 Å². The first-order valence-electron chi connectivity index (χ1n) is 9.37. The molecule has 0 spiro atoms. The Balaban J connectivity index is 3.72. The van der Waals surface area contributed by atoms with Gasteiger partial charge in [0, 0.05) is 20.0 Å². The van der Waals surface area contributed by atoms with E-state index < -0.39 is 0 Å². The topological polar surface area (TPSA) is 40.5 Å². The lowest BCUT2D eigenvalue weighted by atomic mass is 10.1. The average Bonchev–Trinajstić information content (AvgIpc) is 2.54. The van der Waals surface area contributed by atoms with Crippen molar-refractivity contribution in [2.45, 2.75) is 84.2 Å². The standard InChI is InChI=1S/C20H37NO2/c1-4-6-8-13-17-20(23)21(3)18-14-10-9-12-16-19(22)15-11-7-5-2/h9-10,12,16,19,22H,4-8,11,13-15,17-18H2,1-3H3/b10-9-,16-12+/t19-/m0/s1. The van der Waals surface area contributed by atoms with Gasteiger partial charge in [0.1, 0.15) is 0 Å². The normalized spacial score (nSPS) is 13.0. The van der Waals surface area contributed by atoms with Crippen LogP contribution in [0.3, 0.4) is 0 Å². The molecule has 3 nitrogen and oxygen atoms in total. The van der Waals surface area contributed by atoms with E-state index in [0.29, 0.717) is 6.42 Å². The van der Waals surface area contributed by atoms with Gasteiger partial charge in [-0.3, -0.25) is 4.79 Å². The van der Waals surface area contributed by atoms with Gasteiger partial charge in [-0.05, 0) is 19.3 Å². The monoisotopic (exact) mass is 323 g/mol. The van der Waals surface area contributed by atoms with Crippen molar-refractivity contribution in [3.63, 3.8) is 0 Å². The zero-order chi connectivity index (χ0) is 17.3. The van der Waals surface area contributed by atoms with Crippen LogP contribution in [0.25, 0.3) is 0 Å². The maximum atomic E-state index is 11.9. The molecule has 3 heteroatoms. The highest BCUT2D eigenvalue weighted by Gasteiger charge is 2.06. The predicted molar refractivity (Wildman–Crippen MR) is 99.4 cm³/mol. The van der Waals surface area contributed by atoms with Crippen molar-refractivity contribution in [2.24, 2.45) is 0 Å². The summed E-state index contributed by atoms with van der Waals surface area (Å²) < 4.78 is 0. The molecule has 1 amide bonds. The minimum Gasteiger partial charge on any atom is -0.389 e. The van der Waals surface area contributed by atoms with Crippen LogP contribution in [-0.4, -0.2) is 35.6 Å². The number of rotatable bonds is 14. The molecule has 0 aromatic heterocycles. The molecular weight excluding hydrogens is 286 g/mol. The van der Waals surface area contributed by atoms with Crippen molar-refractivity contribution in [1.29, 1.82) is 0 Å². The summed E-state index contributed by atoms with van der Waals surface area (Å²) in [4.78, 5) is 13.7. The third-order valence-electron chi connectivity index (χ3n) is 3.99. The van der Waals surface area contributed by atoms with Crippen molar-refractivity contribution in [3.8, 4) is 0 Å². The van der Waals surface area contributed by atoms with Gasteiger partial charge in [0.15, 0.2) is 0 Å². The molecule has 0 aromatic rings. The van der Waals surface area contributed by atoms with E-state index in [4.69, 9.17) is 0 Å². The Kier molecular flexibility index (Phi) is 15.0. The fourth-order valence-corrected chi connectivity index (χ4v) is 2.35. The van der Waals surface area contributed by atoms with Crippen LogP contribution < -0.4 is 0 Å². The summed E-state index contributed by atoms with van der Waals surface area (Å²) in [6, 6.07) is 0. The first kappa shape index (κ1) is 21.9. The van der Waals surface area contributed by atoms with E-state index >= 15 is 0 Å². The summed E-state index contributed by atoms with van der Waals surface area (Å²) in [7, 11) is 1.88. The van der Waals surface area contributed by atoms with Gasteiger partial charge >= 0.3 is 0 Å². The molecule has 134 valence electrons. The van der Waals surface area contributed by atoms with E-state index in [0.717, 1.165) is 38.6 Å². The molecule has 1 N–H and O–H groups in total. The highest BCUT2D eigenvalue weighted by molar-refractivity contribution is 5.75. The maximum Gasteiger partial charge on any atom is 0.222 e. The molecule has 0 unspecified atom stereocenters. The highest BCUT2D eigenvalue weighted by Crippen LogP contribution is 2.06. The lowest BCUT2D eigenvalue weighted by Gasteiger charge is -2.15. The van der Waals surface area contributed by atoms with Crippen molar-refractivity contribution in [2.75, 3.05) is 13.6 Å². The van der Waals surface area contributed by atoms with Crippen molar-refractivity contribution < 1.29 is 9.90 Å². The number of allylic oxidation sites excluding steroid dienone is 2. The number of amides is 1. The summed E-state index contributed by atoms with van der Waals surface area (Å²) in [6.07, 6.45) is 17.8. The second kappa shape index (κ2) is 15.8. The summed E-state index contributed by atoms with van der Waals surface area (Å²) >= 11 is 0. The number of carbonyl (C=O) groups is 1. The van der Waals surface area contributed by atoms with Crippen LogP contribution in [0.1, 0.15) is 78.1 Å². The third-order valence-corrected chi connectivity index (χ3v) is 3.99. The predicted octanol–water partition coefficient (Wildman–Crippen LogP) is 4.86. The van der Waals surface area contributed by atoms with Crippen LogP contribution in [-0.2, 0) is 4.79 Å². The van der Waals surface area contributed by atoms with Gasteiger partial charge < -0.3 is 10.0 Å². The fraction of sp³-hybridized carbons (Fsp3) is 0.750. The van der Waals surface area contributed by atoms with Gasteiger partial charge in [-0.2, -0.15) is 0 Å². The fourth-order valence-electron chi connectivity index (χ4n) is 2.35. The molecule has 0 aliphatic rings. The van der Waals surface area contributed by atoms with Gasteiger partial charge in [-0.25, -0.2) is 0 Å². The summed E-state index contributed by atoms with van der Waals surface area (Å²) in [5.74, 6) is 0.247. The highest BCUT2D eigenvalue weighted by atomic mass is 16.3. The van der Waals surface area contributed by atoms with Crippen LogP contribution >= 0.6 is 0 Å². The number of carbonyl (C=O) groups excluding carboxylic acids is 1. The molecule has 0 saturated carbocycles. The molecule has 0 aliphatic heterocycles. The van der Waals surface area contributed by atoms with Crippen LogP contribution in [0.15, 0.2) is 24.3 Å². The van der Waals surface area contributed by atoms with E-state index in [1.54, 1.807) is 0 Å². The third kappa shape index (κ3) is 14.2. The molecule has 0 bridgehead atoms. The van der Waals surface area contributed by atoms with E-state index in [-0.39, 0.29) is 12.0 Å². The quantitative estimate of drug-likeness (QED) is 0.366. The first-order valence-corrected chi connectivity index (χ1v) is 9.37. The molecule has 0 fully saturated rings. The van der Waals surface area contributed by atoms with Gasteiger partial charge in [-0.1, -0.05) is 76.7 Å². The van der Waals surface area contributed by atoms with Crippen LogP contribution in [0.4, 0.5) is 0 Å². The molecule has 23 heavy (non-hydrogen) atoms. The number of unbranched alkanes of at least 4 members (excludes halogenated alkanes) is 5. The zero-order valence-corrected chi connectivity index (χ0v) is 15.5. The largest absolute Gasteiger partial charge is 0.389 e. The minimum atomic E-state index is -0.335. The van der Waals surface area contributed by atoms with Crippen molar-refractivity contribution in [3.05, 3.63) is 24.3 Å². The molecule has 0 heterocycles. The number of aliphatic hydroxyl groups excluding tert-OH is 1. The second-order valence-electron chi connectivity index (χ2n) is 6.29. The first-order chi connectivity index (χ1) is 11.1. The van der Waals surface area contributed by atoms with Gasteiger partial charge in [0.05, 0.1) is 6.10 Å². The van der Waals surface area contributed by atoms with Gasteiger partial charge in [0.25, 0.3) is 0 Å². The Morgan fingerprint density at radius 3 is 2.43 bits per heavy atom. The Hall–Kier alpha value is -1.09. The lowest BCUT2D eigenvalue weighted by Crippen LogP contribution is -2.27. The molecule has 0 rings (SSSR count). The number of nitrogens with zero attached hydrogens (tertiary/aromatic N) is 1. The van der Waals surface area contributed by atoms with Crippen molar-refractivity contribution in [1.82, 2.24) is 4.90 Å². The molecule has 0 aliphatic carbocycles. The molecule has 1 atom stereocenters. The van der Waals surface area contributed by atoms with Gasteiger partial charge in [0.2, 0.25) is 5.91 Å². The number of hydrogen-bond donors (Lipinski definition) is 1. The summed E-state index contributed by atoms with van der Waals surface area (Å²) in [6.45, 7) is 5.10. The van der Waals surface area contributed by atoms with Crippen LogP contribution in [0.5, 0.6) is 0 Å². The average molecular weight is 324 g/mol. The molecule has 0 radical (unpaired) electrons. The SMILES string of the molecule is CCCCCCC(=O)N(C)CC/C=C\C=C\[C@@H](O)CCCCC. The smallest absolute Gasteiger partial charge is 0.222 e. The number of hydrogen-bond acceptors (Lipinski definition) is 2. The Morgan fingerprint density at radius 2 is 1.74 bits per heavy atom. The Bertz CT molecular complexity index is 337. The minimum absolute atomic E-state index is 0.247. The van der Waals surface area contributed by atoms with E-state index in [9.17, 15) is 9.90 Å². The zero-order valence-electron chi connectivity index (χ0n) is 15.5. The van der Waals surface area contributed by atoms with Crippen LogP contribution in [0, 0.1) is 0 Å². The van der Waals surface area contributed by atoms with E-state index in [1.165, 1.54) is 25.7 Å². The summed E-state index contributed by atoms with van der Waals surface area (Å²) in [5, 5.41) is 9.74. The molecular formula is C20H37NO2. The van der Waals surface area contributed by atoms with Crippen molar-refractivity contribution >= 4 is 5.91 Å². The maximum absolute atomic E-state index is 11.9. The molecule has 0 aromatic carbocycles. The summed E-state index contributed by atoms with van der Waals surface area (Å²) in [5.41, 5.74) is 0. The Morgan fingerprint density at radius 1 is 1.04 bits per heavy atom. The van der Waals surface area contributed by atoms with Crippen LogP contribution in [0.2, 0.25) is 0 Å². The number of aliphatic hydroxyl groups is 1. The van der Waals surface area contributed by atoms with E-state index in [2.05, 4.69) is 19.9 Å². The van der Waals surface area contributed by atoms with Gasteiger partial charge in [-0.15, -0.1) is 0 Å². The van der Waals surface area contributed by atoms with E-state index in [1.807, 2.05) is 30.2 Å². The second-order valence-corrected chi connectivity index (χ2v) is 6.29. The lowest BCUT2D eigenvalue weighted by molar-refractivity contribution is -0.129.